The van der Waals surface area contributed by atoms with Crippen LogP contribution in [0.15, 0.2) is 24.3 Å². The van der Waals surface area contributed by atoms with Crippen molar-refractivity contribution in [2.75, 3.05) is 26.8 Å². The zero-order chi connectivity index (χ0) is 14.4. The van der Waals surface area contributed by atoms with Crippen LogP contribution in [0.2, 0.25) is 0 Å². The second-order valence-corrected chi connectivity index (χ2v) is 5.08. The standard InChI is InChI=1S/C15H21NO4/c1-19-11-13-4-2-12(3-5-13)9-16-6-7-20-14(10-16)8-15(17)18/h2-5,14H,6-11H2,1H3,(H,17,18). The Bertz CT molecular complexity index is 432. The van der Waals surface area contributed by atoms with Crippen molar-refractivity contribution >= 4 is 5.97 Å². The maximum Gasteiger partial charge on any atom is 0.306 e. The Morgan fingerprint density at radius 2 is 2.10 bits per heavy atom. The second kappa shape index (κ2) is 7.38. The van der Waals surface area contributed by atoms with E-state index in [-0.39, 0.29) is 12.5 Å². The van der Waals surface area contributed by atoms with Crippen LogP contribution in [-0.2, 0) is 27.4 Å². The first kappa shape index (κ1) is 15.0. The summed E-state index contributed by atoms with van der Waals surface area (Å²) in [6.45, 7) is 3.56. The van der Waals surface area contributed by atoms with Gasteiger partial charge in [0.1, 0.15) is 0 Å². The molecule has 1 aromatic carbocycles. The first-order valence-corrected chi connectivity index (χ1v) is 6.80. The lowest BCUT2D eigenvalue weighted by atomic mass is 10.1. The van der Waals surface area contributed by atoms with Crippen molar-refractivity contribution in [2.24, 2.45) is 0 Å². The van der Waals surface area contributed by atoms with Gasteiger partial charge in [0.25, 0.3) is 0 Å². The third-order valence-corrected chi connectivity index (χ3v) is 3.37. The number of aliphatic carboxylic acids is 1. The lowest BCUT2D eigenvalue weighted by molar-refractivity contribution is -0.142. The Kier molecular flexibility index (Phi) is 5.52. The zero-order valence-electron chi connectivity index (χ0n) is 11.7. The average molecular weight is 279 g/mol. The van der Waals surface area contributed by atoms with Gasteiger partial charge in [0, 0.05) is 26.7 Å². The lowest BCUT2D eigenvalue weighted by Gasteiger charge is -2.32. The van der Waals surface area contributed by atoms with Crippen LogP contribution in [0.5, 0.6) is 0 Å². The van der Waals surface area contributed by atoms with Gasteiger partial charge >= 0.3 is 5.97 Å². The van der Waals surface area contributed by atoms with E-state index in [0.29, 0.717) is 19.8 Å². The molecule has 110 valence electrons. The number of carboxylic acids is 1. The average Bonchev–Trinajstić information content (AvgIpc) is 2.41. The van der Waals surface area contributed by atoms with E-state index in [1.165, 1.54) is 5.56 Å². The summed E-state index contributed by atoms with van der Waals surface area (Å²) in [6, 6.07) is 8.31. The van der Waals surface area contributed by atoms with Crippen LogP contribution in [0.1, 0.15) is 17.5 Å². The predicted octanol–water partition coefficient (Wildman–Crippen LogP) is 1.51. The minimum Gasteiger partial charge on any atom is -0.481 e. The fourth-order valence-electron chi connectivity index (χ4n) is 2.41. The molecule has 1 aromatic rings. The van der Waals surface area contributed by atoms with E-state index in [4.69, 9.17) is 14.6 Å². The van der Waals surface area contributed by atoms with Gasteiger partial charge in [-0.3, -0.25) is 9.69 Å². The summed E-state index contributed by atoms with van der Waals surface area (Å²) in [5.74, 6) is -0.805. The molecule has 1 N–H and O–H groups in total. The zero-order valence-corrected chi connectivity index (χ0v) is 11.7. The molecular formula is C15H21NO4. The van der Waals surface area contributed by atoms with Crippen molar-refractivity contribution in [2.45, 2.75) is 25.7 Å². The fraction of sp³-hybridized carbons (Fsp3) is 0.533. The third-order valence-electron chi connectivity index (χ3n) is 3.37. The molecule has 0 aliphatic carbocycles. The summed E-state index contributed by atoms with van der Waals surface area (Å²) < 4.78 is 10.6. The fourth-order valence-corrected chi connectivity index (χ4v) is 2.41. The van der Waals surface area contributed by atoms with Crippen LogP contribution >= 0.6 is 0 Å². The second-order valence-electron chi connectivity index (χ2n) is 5.08. The van der Waals surface area contributed by atoms with E-state index in [1.807, 2.05) is 0 Å². The molecule has 1 saturated heterocycles. The number of morpholine rings is 1. The van der Waals surface area contributed by atoms with Crippen molar-refractivity contribution in [1.29, 1.82) is 0 Å². The molecule has 1 aliphatic rings. The maximum absolute atomic E-state index is 10.7. The molecule has 1 fully saturated rings. The molecule has 1 heterocycles. The summed E-state index contributed by atoms with van der Waals surface area (Å²) in [6.07, 6.45) is -0.127. The number of methoxy groups -OCH3 is 1. The van der Waals surface area contributed by atoms with E-state index < -0.39 is 5.97 Å². The van der Waals surface area contributed by atoms with Gasteiger partial charge in [0.2, 0.25) is 0 Å². The highest BCUT2D eigenvalue weighted by atomic mass is 16.5. The predicted molar refractivity (Wildman–Crippen MR) is 74.4 cm³/mol. The monoisotopic (exact) mass is 279 g/mol. The van der Waals surface area contributed by atoms with Gasteiger partial charge in [-0.15, -0.1) is 0 Å². The normalized spacial score (nSPS) is 19.9. The summed E-state index contributed by atoms with van der Waals surface area (Å²) in [5.41, 5.74) is 2.38. The van der Waals surface area contributed by atoms with Gasteiger partial charge in [-0.1, -0.05) is 24.3 Å². The highest BCUT2D eigenvalue weighted by Gasteiger charge is 2.22. The molecule has 0 aromatic heterocycles. The highest BCUT2D eigenvalue weighted by Crippen LogP contribution is 2.13. The van der Waals surface area contributed by atoms with Crippen LogP contribution in [0.25, 0.3) is 0 Å². The smallest absolute Gasteiger partial charge is 0.306 e. The first-order chi connectivity index (χ1) is 9.67. The number of rotatable bonds is 6. The molecule has 2 rings (SSSR count). The molecule has 20 heavy (non-hydrogen) atoms. The molecule has 1 aliphatic heterocycles. The van der Waals surface area contributed by atoms with Gasteiger partial charge < -0.3 is 14.6 Å². The Morgan fingerprint density at radius 3 is 2.75 bits per heavy atom. The van der Waals surface area contributed by atoms with Gasteiger partial charge in [0.15, 0.2) is 0 Å². The Morgan fingerprint density at radius 1 is 1.40 bits per heavy atom. The molecule has 0 radical (unpaired) electrons. The number of carboxylic acid groups (broad SMARTS) is 1. The van der Waals surface area contributed by atoms with Crippen molar-refractivity contribution in [3.05, 3.63) is 35.4 Å². The van der Waals surface area contributed by atoms with E-state index in [1.54, 1.807) is 7.11 Å². The van der Waals surface area contributed by atoms with Crippen LogP contribution < -0.4 is 0 Å². The first-order valence-electron chi connectivity index (χ1n) is 6.80. The van der Waals surface area contributed by atoms with Crippen molar-refractivity contribution in [3.8, 4) is 0 Å². The molecule has 0 bridgehead atoms. The largest absolute Gasteiger partial charge is 0.481 e. The van der Waals surface area contributed by atoms with Gasteiger partial charge in [0.05, 0.1) is 25.7 Å². The highest BCUT2D eigenvalue weighted by molar-refractivity contribution is 5.67. The quantitative estimate of drug-likeness (QED) is 0.855. The molecule has 1 unspecified atom stereocenters. The van der Waals surface area contributed by atoms with Crippen LogP contribution in [0.4, 0.5) is 0 Å². The Labute approximate surface area is 119 Å². The van der Waals surface area contributed by atoms with E-state index in [9.17, 15) is 4.79 Å². The molecule has 0 saturated carbocycles. The van der Waals surface area contributed by atoms with Crippen molar-refractivity contribution in [3.63, 3.8) is 0 Å². The minimum absolute atomic E-state index is 0.0727. The Hall–Kier alpha value is -1.43. The minimum atomic E-state index is -0.805. The van der Waals surface area contributed by atoms with Gasteiger partial charge in [-0.05, 0) is 11.1 Å². The topological polar surface area (TPSA) is 59.0 Å². The van der Waals surface area contributed by atoms with Gasteiger partial charge in [-0.2, -0.15) is 0 Å². The number of hydrogen-bond acceptors (Lipinski definition) is 4. The number of benzene rings is 1. The summed E-state index contributed by atoms with van der Waals surface area (Å²) in [4.78, 5) is 13.0. The molecule has 0 spiro atoms. The van der Waals surface area contributed by atoms with Crippen molar-refractivity contribution < 1.29 is 19.4 Å². The molecular weight excluding hydrogens is 258 g/mol. The van der Waals surface area contributed by atoms with Crippen LogP contribution in [0.3, 0.4) is 0 Å². The van der Waals surface area contributed by atoms with Crippen molar-refractivity contribution in [1.82, 2.24) is 4.90 Å². The molecule has 1 atom stereocenters. The number of ether oxygens (including phenoxy) is 2. The lowest BCUT2D eigenvalue weighted by Crippen LogP contribution is -2.42. The number of hydrogen-bond donors (Lipinski definition) is 1. The van der Waals surface area contributed by atoms with Gasteiger partial charge in [-0.25, -0.2) is 0 Å². The summed E-state index contributed by atoms with van der Waals surface area (Å²) >= 11 is 0. The van der Waals surface area contributed by atoms with E-state index in [2.05, 4.69) is 29.2 Å². The number of carbonyl (C=O) groups is 1. The third kappa shape index (κ3) is 4.59. The SMILES string of the molecule is COCc1ccc(CN2CCOC(CC(=O)O)C2)cc1. The maximum atomic E-state index is 10.7. The van der Waals surface area contributed by atoms with E-state index >= 15 is 0 Å². The number of nitrogens with zero attached hydrogens (tertiary/aromatic N) is 1. The molecule has 5 heteroatoms. The summed E-state index contributed by atoms with van der Waals surface area (Å²) in [7, 11) is 1.68. The molecule has 5 nitrogen and oxygen atoms in total. The van der Waals surface area contributed by atoms with Crippen LogP contribution in [0, 0.1) is 0 Å². The molecule has 0 amide bonds. The summed E-state index contributed by atoms with van der Waals surface area (Å²) in [5, 5.41) is 8.81. The van der Waals surface area contributed by atoms with E-state index in [0.717, 1.165) is 18.7 Å². The Balaban J connectivity index is 1.87. The van der Waals surface area contributed by atoms with Crippen LogP contribution in [-0.4, -0.2) is 48.9 Å².